The monoisotopic (exact) mass is 334 g/mol. The lowest BCUT2D eigenvalue weighted by atomic mass is 10.1. The number of hydrogen-bond acceptors (Lipinski definition) is 3. The average molecular weight is 334 g/mol. The predicted octanol–water partition coefficient (Wildman–Crippen LogP) is 4.51. The molecule has 0 bridgehead atoms. The Morgan fingerprint density at radius 2 is 1.83 bits per heavy atom. The van der Waals surface area contributed by atoms with Crippen LogP contribution in [-0.4, -0.2) is 21.6 Å². The second-order valence-electron chi connectivity index (χ2n) is 5.83. The summed E-state index contributed by atoms with van der Waals surface area (Å²) in [5, 5.41) is 6.64. The van der Waals surface area contributed by atoms with Crippen LogP contribution in [0.1, 0.15) is 16.8 Å². The molecule has 2 heterocycles. The number of aryl methyl sites for hydroxylation is 2. The van der Waals surface area contributed by atoms with Crippen LogP contribution in [0.15, 0.2) is 58.6 Å². The molecule has 4 rings (SSSR count). The van der Waals surface area contributed by atoms with Crippen LogP contribution in [0.4, 0.5) is 5.69 Å². The zero-order chi connectivity index (χ0) is 16.5. The Balaban J connectivity index is 1.65. The number of rotatable bonds is 2. The molecule has 0 atom stereocenters. The Morgan fingerprint density at radius 1 is 1.04 bits per heavy atom. The second kappa shape index (κ2) is 6.17. The molecule has 24 heavy (non-hydrogen) atoms. The van der Waals surface area contributed by atoms with Gasteiger partial charge in [0, 0.05) is 27.9 Å². The predicted molar refractivity (Wildman–Crippen MR) is 103 cm³/mol. The van der Waals surface area contributed by atoms with E-state index in [1.54, 1.807) is 11.8 Å². The molecule has 120 valence electrons. The molecule has 3 aromatic rings. The molecule has 0 saturated heterocycles. The van der Waals surface area contributed by atoms with Crippen LogP contribution < -0.4 is 5.43 Å². The number of hydrogen-bond donors (Lipinski definition) is 2. The minimum absolute atomic E-state index is 0.806. The Kier molecular flexibility index (Phi) is 3.86. The second-order valence-corrected chi connectivity index (χ2v) is 6.80. The van der Waals surface area contributed by atoms with Gasteiger partial charge in [-0.15, -0.1) is 0 Å². The smallest absolute Gasteiger partial charge is 0.182 e. The van der Waals surface area contributed by atoms with E-state index in [9.17, 15) is 0 Å². The van der Waals surface area contributed by atoms with Gasteiger partial charge in [0.2, 0.25) is 0 Å². The van der Waals surface area contributed by atoms with Gasteiger partial charge in [-0.05, 0) is 31.5 Å². The van der Waals surface area contributed by atoms with Crippen LogP contribution in [0.2, 0.25) is 0 Å². The third-order valence-electron chi connectivity index (χ3n) is 4.15. The summed E-state index contributed by atoms with van der Waals surface area (Å²) in [6, 6.07) is 16.5. The molecule has 1 aliphatic heterocycles. The molecular weight excluding hydrogens is 316 g/mol. The molecule has 0 amide bonds. The summed E-state index contributed by atoms with van der Waals surface area (Å²) in [6.07, 6.45) is 0. The first kappa shape index (κ1) is 15.0. The van der Waals surface area contributed by atoms with E-state index in [0.717, 1.165) is 39.1 Å². The fourth-order valence-electron chi connectivity index (χ4n) is 2.95. The van der Waals surface area contributed by atoms with Crippen molar-refractivity contribution in [3.05, 3.63) is 65.4 Å². The summed E-state index contributed by atoms with van der Waals surface area (Å²) >= 11 is 1.68. The van der Waals surface area contributed by atoms with Crippen molar-refractivity contribution >= 4 is 39.2 Å². The topological polar surface area (TPSA) is 52.5 Å². The number of aliphatic imine (C=N–C) groups is 1. The van der Waals surface area contributed by atoms with E-state index in [2.05, 4.69) is 58.6 Å². The maximum atomic E-state index is 4.67. The fourth-order valence-corrected chi connectivity index (χ4v) is 3.70. The van der Waals surface area contributed by atoms with E-state index in [0.29, 0.717) is 0 Å². The molecular formula is C19H18N4S. The maximum Gasteiger partial charge on any atom is 0.182 e. The summed E-state index contributed by atoms with van der Waals surface area (Å²) in [6.45, 7) is 4.16. The quantitative estimate of drug-likeness (QED) is 0.724. The summed E-state index contributed by atoms with van der Waals surface area (Å²) in [5.41, 5.74) is 9.80. The molecule has 0 spiro atoms. The molecule has 2 aromatic carbocycles. The largest absolute Gasteiger partial charge is 0.358 e. The summed E-state index contributed by atoms with van der Waals surface area (Å²) in [4.78, 5) is 8.11. The number of para-hydroxylation sites is 2. The number of aromatic nitrogens is 1. The number of amidine groups is 1. The number of H-pyrrole nitrogens is 1. The van der Waals surface area contributed by atoms with Crippen molar-refractivity contribution in [3.8, 4) is 0 Å². The Morgan fingerprint density at radius 3 is 2.62 bits per heavy atom. The Hall–Kier alpha value is -2.53. The number of aromatic amines is 1. The van der Waals surface area contributed by atoms with Gasteiger partial charge in [0.15, 0.2) is 5.17 Å². The van der Waals surface area contributed by atoms with Crippen LogP contribution in [0, 0.1) is 13.8 Å². The van der Waals surface area contributed by atoms with Crippen LogP contribution in [0.25, 0.3) is 10.9 Å². The van der Waals surface area contributed by atoms with Gasteiger partial charge in [-0.25, -0.2) is 4.99 Å². The third-order valence-corrected chi connectivity index (χ3v) is 5.03. The highest BCUT2D eigenvalue weighted by Gasteiger charge is 2.18. The number of fused-ring (bicyclic) bond motifs is 1. The molecule has 0 fully saturated rings. The third kappa shape index (κ3) is 2.71. The number of thioether (sulfide) groups is 1. The van der Waals surface area contributed by atoms with E-state index < -0.39 is 0 Å². The summed E-state index contributed by atoms with van der Waals surface area (Å²) in [5.74, 6) is 0.806. The average Bonchev–Trinajstić information content (AvgIpc) is 2.93. The normalized spacial score (nSPS) is 16.2. The van der Waals surface area contributed by atoms with Crippen molar-refractivity contribution in [1.82, 2.24) is 10.4 Å². The Bertz CT molecular complexity index is 968. The van der Waals surface area contributed by atoms with Gasteiger partial charge in [0.05, 0.1) is 11.4 Å². The molecule has 1 aliphatic rings. The van der Waals surface area contributed by atoms with E-state index in [4.69, 9.17) is 0 Å². The first-order chi connectivity index (χ1) is 11.7. The van der Waals surface area contributed by atoms with Crippen molar-refractivity contribution < 1.29 is 0 Å². The highest BCUT2D eigenvalue weighted by Crippen LogP contribution is 2.26. The molecule has 4 nitrogen and oxygen atoms in total. The number of benzene rings is 2. The highest BCUT2D eigenvalue weighted by molar-refractivity contribution is 8.14. The van der Waals surface area contributed by atoms with Crippen LogP contribution in [0.3, 0.4) is 0 Å². The van der Waals surface area contributed by atoms with Crippen LogP contribution in [-0.2, 0) is 0 Å². The van der Waals surface area contributed by atoms with Gasteiger partial charge in [0.25, 0.3) is 0 Å². The van der Waals surface area contributed by atoms with Gasteiger partial charge in [-0.3, -0.25) is 5.43 Å². The fraction of sp³-hybridized carbons (Fsp3) is 0.158. The van der Waals surface area contributed by atoms with Gasteiger partial charge in [0.1, 0.15) is 0 Å². The highest BCUT2D eigenvalue weighted by atomic mass is 32.2. The Labute approximate surface area is 145 Å². The van der Waals surface area contributed by atoms with Crippen molar-refractivity contribution in [2.24, 2.45) is 10.1 Å². The number of nitrogens with one attached hydrogen (secondary N) is 2. The van der Waals surface area contributed by atoms with Crippen molar-refractivity contribution in [3.63, 3.8) is 0 Å². The molecule has 2 N–H and O–H groups in total. The van der Waals surface area contributed by atoms with Crippen LogP contribution in [0.5, 0.6) is 0 Å². The number of hydrazone groups is 1. The maximum absolute atomic E-state index is 4.67. The SMILES string of the molecule is Cc1ccccc1N=C1NN=C(c2c(C)[nH]c3ccccc23)CS1. The zero-order valence-corrected chi connectivity index (χ0v) is 14.4. The molecule has 5 heteroatoms. The molecule has 0 aliphatic carbocycles. The van der Waals surface area contributed by atoms with Crippen molar-refractivity contribution in [2.75, 3.05) is 5.75 Å². The van der Waals surface area contributed by atoms with Crippen molar-refractivity contribution in [1.29, 1.82) is 0 Å². The lowest BCUT2D eigenvalue weighted by Gasteiger charge is -2.15. The van der Waals surface area contributed by atoms with E-state index >= 15 is 0 Å². The molecule has 0 saturated carbocycles. The van der Waals surface area contributed by atoms with Gasteiger partial charge >= 0.3 is 0 Å². The van der Waals surface area contributed by atoms with Gasteiger partial charge < -0.3 is 4.98 Å². The standard InChI is InChI=1S/C19H18N4S/c1-12-7-3-5-9-15(12)21-19-23-22-17(11-24-19)18-13(2)20-16-10-6-4-8-14(16)18/h3-10,20H,11H2,1-2H3,(H,21,23). The summed E-state index contributed by atoms with van der Waals surface area (Å²) in [7, 11) is 0. The molecule has 0 unspecified atom stereocenters. The van der Waals surface area contributed by atoms with Gasteiger partial charge in [-0.1, -0.05) is 48.2 Å². The number of nitrogens with zero attached hydrogens (tertiary/aromatic N) is 2. The molecule has 0 radical (unpaired) electrons. The van der Waals surface area contributed by atoms with E-state index in [1.807, 2.05) is 24.3 Å². The molecule has 1 aromatic heterocycles. The minimum Gasteiger partial charge on any atom is -0.358 e. The zero-order valence-electron chi connectivity index (χ0n) is 13.6. The van der Waals surface area contributed by atoms with E-state index in [1.165, 1.54) is 10.9 Å². The minimum atomic E-state index is 0.806. The van der Waals surface area contributed by atoms with Crippen molar-refractivity contribution in [2.45, 2.75) is 13.8 Å². The first-order valence-corrected chi connectivity index (χ1v) is 8.88. The first-order valence-electron chi connectivity index (χ1n) is 7.90. The van der Waals surface area contributed by atoms with E-state index in [-0.39, 0.29) is 0 Å². The van der Waals surface area contributed by atoms with Crippen LogP contribution >= 0.6 is 11.8 Å². The summed E-state index contributed by atoms with van der Waals surface area (Å²) < 4.78 is 0. The lowest BCUT2D eigenvalue weighted by molar-refractivity contribution is 1.03. The van der Waals surface area contributed by atoms with Gasteiger partial charge in [-0.2, -0.15) is 5.10 Å². The lowest BCUT2D eigenvalue weighted by Crippen LogP contribution is -2.25.